The molecule has 3 rings (SSSR count). The van der Waals surface area contributed by atoms with Gasteiger partial charge in [0, 0.05) is 35.5 Å². The van der Waals surface area contributed by atoms with Gasteiger partial charge in [-0.2, -0.15) is 0 Å². The number of non-ortho nitro benzene ring substituents is 1. The normalized spacial score (nSPS) is 19.6. The number of hydrogen-bond acceptors (Lipinski definition) is 6. The Kier molecular flexibility index (Phi) is 6.18. The molecule has 1 aliphatic carbocycles. The van der Waals surface area contributed by atoms with Crippen LogP contribution in [0.5, 0.6) is 0 Å². The van der Waals surface area contributed by atoms with Gasteiger partial charge in [-0.3, -0.25) is 14.9 Å². The van der Waals surface area contributed by atoms with Crippen LogP contribution in [0.1, 0.15) is 44.7 Å². The molecule has 2 unspecified atom stereocenters. The Morgan fingerprint density at radius 2 is 1.93 bits per heavy atom. The number of nitrogens with two attached hydrogens (primary N) is 1. The molecule has 1 heterocycles. The zero-order valence-electron chi connectivity index (χ0n) is 15.9. The molecule has 2 atom stereocenters. The van der Waals surface area contributed by atoms with Gasteiger partial charge in [0.15, 0.2) is 5.82 Å². The number of nitro groups is 1. The number of carbonyl (C=O) groups excluding carboxylic acids is 1. The van der Waals surface area contributed by atoms with Crippen molar-refractivity contribution in [1.29, 1.82) is 0 Å². The van der Waals surface area contributed by atoms with E-state index in [1.165, 1.54) is 12.1 Å². The highest BCUT2D eigenvalue weighted by Gasteiger charge is 2.28. The average molecular weight is 383 g/mol. The first-order chi connectivity index (χ1) is 13.5. The predicted molar refractivity (Wildman–Crippen MR) is 107 cm³/mol. The van der Waals surface area contributed by atoms with Crippen LogP contribution in [0.3, 0.4) is 0 Å². The van der Waals surface area contributed by atoms with E-state index in [0.29, 0.717) is 17.2 Å². The molecule has 1 amide bonds. The number of nitrogens with one attached hydrogen (secondary N) is 1. The zero-order chi connectivity index (χ0) is 20.1. The number of benzene rings is 1. The SMILES string of the molecule is CCc1cc(NC2CCCCCC2C(N)=O)nc(-c2ccc([N+](=O)[O-])cc2)n1. The summed E-state index contributed by atoms with van der Waals surface area (Å²) >= 11 is 0. The molecule has 2 aromatic rings. The number of hydrogen-bond donors (Lipinski definition) is 2. The van der Waals surface area contributed by atoms with E-state index in [4.69, 9.17) is 5.73 Å². The van der Waals surface area contributed by atoms with Crippen molar-refractivity contribution in [3.63, 3.8) is 0 Å². The van der Waals surface area contributed by atoms with Crippen LogP contribution in [-0.2, 0) is 11.2 Å². The lowest BCUT2D eigenvalue weighted by Crippen LogP contribution is -2.37. The number of rotatable bonds is 6. The first-order valence-corrected chi connectivity index (χ1v) is 9.66. The number of primary amides is 1. The highest BCUT2D eigenvalue weighted by Crippen LogP contribution is 2.27. The fourth-order valence-electron chi connectivity index (χ4n) is 3.62. The van der Waals surface area contributed by atoms with Gasteiger partial charge >= 0.3 is 0 Å². The molecule has 3 N–H and O–H groups in total. The van der Waals surface area contributed by atoms with Crippen LogP contribution in [0.25, 0.3) is 11.4 Å². The molecule has 0 bridgehead atoms. The maximum absolute atomic E-state index is 11.9. The standard InChI is InChI=1S/C20H25N5O3/c1-2-14-12-18(23-17-7-5-3-4-6-16(17)19(21)26)24-20(22-14)13-8-10-15(11-9-13)25(27)28/h8-12,16-17H,2-7H2,1H3,(H2,21,26)(H,22,23,24). The highest BCUT2D eigenvalue weighted by molar-refractivity contribution is 5.78. The number of nitrogens with zero attached hydrogens (tertiary/aromatic N) is 3. The molecule has 1 aromatic carbocycles. The van der Waals surface area contributed by atoms with E-state index >= 15 is 0 Å². The molecular formula is C20H25N5O3. The maximum atomic E-state index is 11.9. The Morgan fingerprint density at radius 3 is 2.57 bits per heavy atom. The summed E-state index contributed by atoms with van der Waals surface area (Å²) in [6, 6.07) is 8.02. The van der Waals surface area contributed by atoms with Crippen molar-refractivity contribution < 1.29 is 9.72 Å². The van der Waals surface area contributed by atoms with Crippen molar-refractivity contribution in [2.45, 2.75) is 51.5 Å². The third-order valence-electron chi connectivity index (χ3n) is 5.19. The van der Waals surface area contributed by atoms with Gasteiger partial charge in [0.2, 0.25) is 5.91 Å². The first-order valence-electron chi connectivity index (χ1n) is 9.66. The van der Waals surface area contributed by atoms with Crippen LogP contribution < -0.4 is 11.1 Å². The van der Waals surface area contributed by atoms with Gasteiger partial charge in [-0.1, -0.05) is 26.2 Å². The molecule has 8 heteroatoms. The van der Waals surface area contributed by atoms with Crippen LogP contribution in [0.4, 0.5) is 11.5 Å². The van der Waals surface area contributed by atoms with E-state index in [0.717, 1.165) is 44.2 Å². The predicted octanol–water partition coefficient (Wildman–Crippen LogP) is 3.46. The quantitative estimate of drug-likeness (QED) is 0.447. The molecule has 1 fully saturated rings. The fourth-order valence-corrected chi connectivity index (χ4v) is 3.62. The second kappa shape index (κ2) is 8.77. The number of anilines is 1. The number of carbonyl (C=O) groups is 1. The largest absolute Gasteiger partial charge is 0.369 e. The smallest absolute Gasteiger partial charge is 0.269 e. The van der Waals surface area contributed by atoms with Crippen LogP contribution in [0.2, 0.25) is 0 Å². The zero-order valence-corrected chi connectivity index (χ0v) is 15.9. The van der Waals surface area contributed by atoms with Crippen LogP contribution in [0, 0.1) is 16.0 Å². The lowest BCUT2D eigenvalue weighted by atomic mass is 9.94. The van der Waals surface area contributed by atoms with E-state index in [-0.39, 0.29) is 23.6 Å². The first kappa shape index (κ1) is 19.7. The van der Waals surface area contributed by atoms with E-state index in [1.54, 1.807) is 12.1 Å². The Hall–Kier alpha value is -3.03. The van der Waals surface area contributed by atoms with E-state index < -0.39 is 4.92 Å². The summed E-state index contributed by atoms with van der Waals surface area (Å²) in [5.41, 5.74) is 7.22. The second-order valence-corrected chi connectivity index (χ2v) is 7.12. The monoisotopic (exact) mass is 383 g/mol. The van der Waals surface area contributed by atoms with Crippen molar-refractivity contribution in [2.24, 2.45) is 11.7 Å². The molecule has 0 radical (unpaired) electrons. The summed E-state index contributed by atoms with van der Waals surface area (Å²) in [5, 5.41) is 14.3. The minimum Gasteiger partial charge on any atom is -0.369 e. The van der Waals surface area contributed by atoms with Crippen molar-refractivity contribution in [1.82, 2.24) is 9.97 Å². The summed E-state index contributed by atoms with van der Waals surface area (Å²) in [6.45, 7) is 2.00. The van der Waals surface area contributed by atoms with E-state index in [2.05, 4.69) is 15.3 Å². The maximum Gasteiger partial charge on any atom is 0.269 e. The van der Waals surface area contributed by atoms with Gasteiger partial charge < -0.3 is 11.1 Å². The minimum absolute atomic E-state index is 0.0245. The Labute approximate surface area is 163 Å². The van der Waals surface area contributed by atoms with Crippen molar-refractivity contribution in [3.05, 3.63) is 46.1 Å². The van der Waals surface area contributed by atoms with Gasteiger partial charge in [-0.15, -0.1) is 0 Å². The molecule has 1 aromatic heterocycles. The summed E-state index contributed by atoms with van der Waals surface area (Å²) in [6.07, 6.45) is 5.52. The third kappa shape index (κ3) is 4.62. The summed E-state index contributed by atoms with van der Waals surface area (Å²) in [5.74, 6) is 0.657. The van der Waals surface area contributed by atoms with Crippen molar-refractivity contribution in [3.8, 4) is 11.4 Å². The molecule has 8 nitrogen and oxygen atoms in total. The number of amides is 1. The van der Waals surface area contributed by atoms with Gasteiger partial charge in [-0.05, 0) is 31.4 Å². The van der Waals surface area contributed by atoms with Crippen LogP contribution in [-0.4, -0.2) is 26.8 Å². The number of nitro benzene ring substituents is 1. The Balaban J connectivity index is 1.89. The molecule has 1 saturated carbocycles. The van der Waals surface area contributed by atoms with Gasteiger partial charge in [0.1, 0.15) is 5.82 Å². The Morgan fingerprint density at radius 1 is 1.21 bits per heavy atom. The number of aryl methyl sites for hydroxylation is 1. The highest BCUT2D eigenvalue weighted by atomic mass is 16.6. The molecule has 0 saturated heterocycles. The minimum atomic E-state index is -0.434. The Bertz CT molecular complexity index is 853. The summed E-state index contributed by atoms with van der Waals surface area (Å²) in [4.78, 5) is 31.5. The van der Waals surface area contributed by atoms with Gasteiger partial charge in [0.25, 0.3) is 5.69 Å². The summed E-state index contributed by atoms with van der Waals surface area (Å²) in [7, 11) is 0. The van der Waals surface area contributed by atoms with Crippen molar-refractivity contribution >= 4 is 17.4 Å². The van der Waals surface area contributed by atoms with Crippen LogP contribution in [0.15, 0.2) is 30.3 Å². The van der Waals surface area contributed by atoms with Gasteiger partial charge in [0.05, 0.1) is 10.8 Å². The molecule has 1 aliphatic rings. The van der Waals surface area contributed by atoms with E-state index in [1.807, 2.05) is 13.0 Å². The molecule has 148 valence electrons. The second-order valence-electron chi connectivity index (χ2n) is 7.12. The lowest BCUT2D eigenvalue weighted by molar-refractivity contribution is -0.384. The fraction of sp³-hybridized carbons (Fsp3) is 0.450. The number of aromatic nitrogens is 2. The van der Waals surface area contributed by atoms with Gasteiger partial charge in [-0.25, -0.2) is 9.97 Å². The molecular weight excluding hydrogens is 358 g/mol. The molecule has 28 heavy (non-hydrogen) atoms. The summed E-state index contributed by atoms with van der Waals surface area (Å²) < 4.78 is 0. The lowest BCUT2D eigenvalue weighted by Gasteiger charge is -2.24. The third-order valence-corrected chi connectivity index (χ3v) is 5.19. The van der Waals surface area contributed by atoms with E-state index in [9.17, 15) is 14.9 Å². The van der Waals surface area contributed by atoms with Crippen molar-refractivity contribution in [2.75, 3.05) is 5.32 Å². The van der Waals surface area contributed by atoms with Crippen LogP contribution >= 0.6 is 0 Å². The topological polar surface area (TPSA) is 124 Å². The average Bonchev–Trinajstić information content (AvgIpc) is 2.93. The molecule has 0 aliphatic heterocycles. The molecule has 0 spiro atoms.